The molecule has 1 aliphatic heterocycles. The Kier molecular flexibility index (Phi) is 4.44. The second-order valence-electron chi connectivity index (χ2n) is 8.16. The molecule has 3 rings (SSSR count). The van der Waals surface area contributed by atoms with Gasteiger partial charge in [0.25, 0.3) is 0 Å². The number of pyridine rings is 1. The number of aromatic nitrogens is 1. The van der Waals surface area contributed by atoms with Gasteiger partial charge < -0.3 is 4.74 Å². The van der Waals surface area contributed by atoms with Crippen LogP contribution < -0.4 is 4.74 Å². The Morgan fingerprint density at radius 2 is 1.64 bits per heavy atom. The van der Waals surface area contributed by atoms with Crippen LogP contribution in [0.2, 0.25) is 0 Å². The molecule has 0 amide bonds. The first-order valence-corrected chi connectivity index (χ1v) is 8.79. The van der Waals surface area contributed by atoms with Crippen LogP contribution in [0, 0.1) is 5.41 Å². The molecule has 0 radical (unpaired) electrons. The van der Waals surface area contributed by atoms with Gasteiger partial charge in [0.15, 0.2) is 0 Å². The summed E-state index contributed by atoms with van der Waals surface area (Å²) in [6.07, 6.45) is 11.8. The molecule has 22 heavy (non-hydrogen) atoms. The normalized spacial score (nSPS) is 23.6. The fourth-order valence-electron chi connectivity index (χ4n) is 4.08. The number of hydrogen-bond acceptors (Lipinski definition) is 3. The third-order valence-electron chi connectivity index (χ3n) is 5.72. The molecular formula is C19H30N2O. The van der Waals surface area contributed by atoms with Gasteiger partial charge in [-0.1, -0.05) is 0 Å². The summed E-state index contributed by atoms with van der Waals surface area (Å²) in [4.78, 5) is 6.70. The summed E-state index contributed by atoms with van der Waals surface area (Å²) in [6, 6.07) is 3.93. The molecule has 2 heterocycles. The van der Waals surface area contributed by atoms with E-state index in [1.54, 1.807) is 0 Å². The van der Waals surface area contributed by atoms with Crippen molar-refractivity contribution in [3.05, 3.63) is 24.5 Å². The molecule has 2 fully saturated rings. The SMILES string of the molecule is CC(C)(C)N1CCC2(CCC(Oc3ccncc3)CC2)CC1. The molecule has 0 N–H and O–H groups in total. The minimum absolute atomic E-state index is 0.323. The molecule has 1 spiro atoms. The van der Waals surface area contributed by atoms with Crippen molar-refractivity contribution in [2.45, 2.75) is 70.9 Å². The molecule has 1 aliphatic carbocycles. The zero-order valence-corrected chi connectivity index (χ0v) is 14.3. The van der Waals surface area contributed by atoms with Crippen molar-refractivity contribution in [1.82, 2.24) is 9.88 Å². The van der Waals surface area contributed by atoms with Crippen molar-refractivity contribution in [2.24, 2.45) is 5.41 Å². The van der Waals surface area contributed by atoms with Crippen LogP contribution in [0.15, 0.2) is 24.5 Å². The van der Waals surface area contributed by atoms with Crippen LogP contribution in [0.3, 0.4) is 0 Å². The molecule has 1 aromatic rings. The van der Waals surface area contributed by atoms with Crippen molar-refractivity contribution in [3.8, 4) is 5.75 Å². The van der Waals surface area contributed by atoms with Gasteiger partial charge in [-0.3, -0.25) is 9.88 Å². The van der Waals surface area contributed by atoms with E-state index in [1.807, 2.05) is 24.5 Å². The third kappa shape index (κ3) is 3.62. The fraction of sp³-hybridized carbons (Fsp3) is 0.737. The number of nitrogens with zero attached hydrogens (tertiary/aromatic N) is 2. The number of ether oxygens (including phenoxy) is 1. The highest BCUT2D eigenvalue weighted by Gasteiger charge is 2.40. The van der Waals surface area contributed by atoms with Crippen LogP contribution in [0.1, 0.15) is 59.3 Å². The Bertz CT molecular complexity index is 462. The van der Waals surface area contributed by atoms with Gasteiger partial charge in [-0.25, -0.2) is 0 Å². The predicted molar refractivity (Wildman–Crippen MR) is 90.1 cm³/mol. The van der Waals surface area contributed by atoms with Gasteiger partial charge in [-0.05, 0) is 89.9 Å². The molecule has 1 saturated heterocycles. The van der Waals surface area contributed by atoms with Crippen molar-refractivity contribution in [1.29, 1.82) is 0 Å². The maximum atomic E-state index is 6.11. The average molecular weight is 302 g/mol. The summed E-state index contributed by atoms with van der Waals surface area (Å²) in [5, 5.41) is 0. The van der Waals surface area contributed by atoms with Gasteiger partial charge in [0.2, 0.25) is 0 Å². The molecule has 3 nitrogen and oxygen atoms in total. The fourth-order valence-corrected chi connectivity index (χ4v) is 4.08. The molecule has 1 aromatic heterocycles. The highest BCUT2D eigenvalue weighted by Crippen LogP contribution is 2.46. The Balaban J connectivity index is 1.50. The van der Waals surface area contributed by atoms with E-state index < -0.39 is 0 Å². The van der Waals surface area contributed by atoms with Gasteiger partial charge in [0.1, 0.15) is 5.75 Å². The van der Waals surface area contributed by atoms with E-state index in [9.17, 15) is 0 Å². The Morgan fingerprint density at radius 1 is 1.05 bits per heavy atom. The highest BCUT2D eigenvalue weighted by atomic mass is 16.5. The smallest absolute Gasteiger partial charge is 0.122 e. The van der Waals surface area contributed by atoms with E-state index in [0.29, 0.717) is 17.1 Å². The van der Waals surface area contributed by atoms with Gasteiger partial charge >= 0.3 is 0 Å². The average Bonchev–Trinajstić information content (AvgIpc) is 2.51. The second-order valence-corrected chi connectivity index (χ2v) is 8.16. The lowest BCUT2D eigenvalue weighted by atomic mass is 9.67. The Labute approximate surface area is 135 Å². The molecule has 122 valence electrons. The van der Waals surface area contributed by atoms with Gasteiger partial charge in [-0.15, -0.1) is 0 Å². The quantitative estimate of drug-likeness (QED) is 0.815. The predicted octanol–water partition coefficient (Wildman–Crippen LogP) is 4.28. The van der Waals surface area contributed by atoms with Gasteiger partial charge in [-0.2, -0.15) is 0 Å². The van der Waals surface area contributed by atoms with Gasteiger partial charge in [0, 0.05) is 17.9 Å². The van der Waals surface area contributed by atoms with Crippen LogP contribution in [0.4, 0.5) is 0 Å². The first-order valence-electron chi connectivity index (χ1n) is 8.79. The zero-order chi connectivity index (χ0) is 15.6. The summed E-state index contributed by atoms with van der Waals surface area (Å²) in [7, 11) is 0. The van der Waals surface area contributed by atoms with Crippen LogP contribution in [0.5, 0.6) is 5.75 Å². The second kappa shape index (κ2) is 6.19. The van der Waals surface area contributed by atoms with E-state index >= 15 is 0 Å². The first-order chi connectivity index (χ1) is 10.5. The lowest BCUT2D eigenvalue weighted by Crippen LogP contribution is -2.50. The zero-order valence-electron chi connectivity index (χ0n) is 14.3. The lowest BCUT2D eigenvalue weighted by molar-refractivity contribution is -0.00103. The van der Waals surface area contributed by atoms with Gasteiger partial charge in [0.05, 0.1) is 6.10 Å². The molecule has 0 aromatic carbocycles. The summed E-state index contributed by atoms with van der Waals surface area (Å²) < 4.78 is 6.11. The number of piperidine rings is 1. The van der Waals surface area contributed by atoms with Crippen LogP contribution >= 0.6 is 0 Å². The maximum absolute atomic E-state index is 6.11. The Hall–Kier alpha value is -1.09. The van der Waals surface area contributed by atoms with Crippen molar-refractivity contribution in [3.63, 3.8) is 0 Å². The molecule has 2 aliphatic rings. The van der Waals surface area contributed by atoms with E-state index in [1.165, 1.54) is 51.6 Å². The first kappa shape index (κ1) is 15.8. The van der Waals surface area contributed by atoms with Crippen molar-refractivity contribution in [2.75, 3.05) is 13.1 Å². The van der Waals surface area contributed by atoms with E-state index in [-0.39, 0.29) is 0 Å². The standard InChI is InChI=1S/C19H30N2O/c1-18(2,3)21-14-10-19(11-15-21)8-4-16(5-9-19)22-17-6-12-20-13-7-17/h6-7,12-13,16H,4-5,8-11,14-15H2,1-3H3. The Morgan fingerprint density at radius 3 is 2.18 bits per heavy atom. The third-order valence-corrected chi connectivity index (χ3v) is 5.72. The lowest BCUT2D eigenvalue weighted by Gasteiger charge is -2.49. The minimum Gasteiger partial charge on any atom is -0.490 e. The molecule has 0 atom stereocenters. The van der Waals surface area contributed by atoms with E-state index in [2.05, 4.69) is 30.7 Å². The van der Waals surface area contributed by atoms with Crippen LogP contribution in [-0.2, 0) is 0 Å². The summed E-state index contributed by atoms with van der Waals surface area (Å²) in [6.45, 7) is 9.54. The highest BCUT2D eigenvalue weighted by molar-refractivity contribution is 5.17. The van der Waals surface area contributed by atoms with Crippen LogP contribution in [0.25, 0.3) is 0 Å². The van der Waals surface area contributed by atoms with Crippen LogP contribution in [-0.4, -0.2) is 34.6 Å². The van der Waals surface area contributed by atoms with E-state index in [0.717, 1.165) is 5.75 Å². The summed E-state index contributed by atoms with van der Waals surface area (Å²) >= 11 is 0. The summed E-state index contributed by atoms with van der Waals surface area (Å²) in [5.41, 5.74) is 0.920. The van der Waals surface area contributed by atoms with E-state index in [4.69, 9.17) is 4.74 Å². The number of likely N-dealkylation sites (tertiary alicyclic amines) is 1. The molecular weight excluding hydrogens is 272 g/mol. The number of rotatable bonds is 2. The molecule has 3 heteroatoms. The summed E-state index contributed by atoms with van der Waals surface area (Å²) in [5.74, 6) is 0.971. The topological polar surface area (TPSA) is 25.4 Å². The minimum atomic E-state index is 0.323. The molecule has 0 unspecified atom stereocenters. The number of hydrogen-bond donors (Lipinski definition) is 0. The molecule has 1 saturated carbocycles. The van der Waals surface area contributed by atoms with Crippen molar-refractivity contribution >= 4 is 0 Å². The van der Waals surface area contributed by atoms with Crippen molar-refractivity contribution < 1.29 is 4.74 Å². The molecule has 0 bridgehead atoms. The monoisotopic (exact) mass is 302 g/mol. The largest absolute Gasteiger partial charge is 0.490 e. The maximum Gasteiger partial charge on any atom is 0.122 e.